The zero-order chi connectivity index (χ0) is 23.5. The van der Waals surface area contributed by atoms with Gasteiger partial charge in [0.05, 0.1) is 11.1 Å². The molecule has 6 rings (SSSR count). The number of anilines is 2. The van der Waals surface area contributed by atoms with Crippen molar-refractivity contribution in [2.75, 3.05) is 10.6 Å². The van der Waals surface area contributed by atoms with E-state index in [2.05, 4.69) is 135 Å². The second kappa shape index (κ2) is 7.50. The lowest BCUT2D eigenvalue weighted by atomic mass is 9.83. The van der Waals surface area contributed by atoms with Gasteiger partial charge in [0.1, 0.15) is 0 Å². The van der Waals surface area contributed by atoms with E-state index in [1.54, 1.807) is 0 Å². The van der Waals surface area contributed by atoms with Crippen molar-refractivity contribution in [2.24, 2.45) is 11.8 Å². The first-order valence-electron chi connectivity index (χ1n) is 12.4. The number of hydrogen-bond donors (Lipinski definition) is 2. The van der Waals surface area contributed by atoms with Gasteiger partial charge < -0.3 is 10.6 Å². The van der Waals surface area contributed by atoms with Gasteiger partial charge in [-0.1, -0.05) is 92.8 Å². The van der Waals surface area contributed by atoms with Crippen molar-refractivity contribution in [1.82, 2.24) is 0 Å². The highest BCUT2D eigenvalue weighted by atomic mass is 15.0. The lowest BCUT2D eigenvalue weighted by molar-refractivity contribution is 0.493. The molecule has 2 nitrogen and oxygen atoms in total. The van der Waals surface area contributed by atoms with Gasteiger partial charge in [-0.2, -0.15) is 0 Å². The van der Waals surface area contributed by atoms with Gasteiger partial charge in [-0.3, -0.25) is 0 Å². The van der Waals surface area contributed by atoms with E-state index >= 15 is 0 Å². The Labute approximate surface area is 202 Å². The van der Waals surface area contributed by atoms with Crippen LogP contribution >= 0.6 is 0 Å². The maximum atomic E-state index is 3.87. The second-order valence-corrected chi connectivity index (χ2v) is 10.5. The maximum absolute atomic E-state index is 3.87. The minimum atomic E-state index is -0.106. The Kier molecular flexibility index (Phi) is 4.64. The SMILES string of the molecule is CC1C=CC=CC1(C)Nc1ccc2c(c1)-c1cccc3c(NC4(C)C=CC=CC4C)ccc-2c13. The summed E-state index contributed by atoms with van der Waals surface area (Å²) in [7, 11) is 0. The van der Waals surface area contributed by atoms with Gasteiger partial charge in [-0.05, 0) is 59.7 Å². The molecule has 0 bridgehead atoms. The quantitative estimate of drug-likeness (QED) is 0.330. The molecule has 0 aliphatic heterocycles. The zero-order valence-corrected chi connectivity index (χ0v) is 20.4. The molecule has 170 valence electrons. The topological polar surface area (TPSA) is 24.1 Å². The highest BCUT2D eigenvalue weighted by Gasteiger charge is 2.31. The number of benzene rings is 3. The number of rotatable bonds is 4. The summed E-state index contributed by atoms with van der Waals surface area (Å²) in [6.45, 7) is 9.10. The van der Waals surface area contributed by atoms with Crippen LogP contribution < -0.4 is 10.6 Å². The van der Waals surface area contributed by atoms with E-state index in [4.69, 9.17) is 0 Å². The van der Waals surface area contributed by atoms with Crippen LogP contribution in [0, 0.1) is 11.8 Å². The van der Waals surface area contributed by atoms with Gasteiger partial charge in [0.2, 0.25) is 0 Å². The van der Waals surface area contributed by atoms with Crippen molar-refractivity contribution < 1.29 is 0 Å². The van der Waals surface area contributed by atoms with Crippen molar-refractivity contribution in [3.05, 3.63) is 97.1 Å². The van der Waals surface area contributed by atoms with E-state index in [0.29, 0.717) is 11.8 Å². The Morgan fingerprint density at radius 3 is 2.00 bits per heavy atom. The summed E-state index contributed by atoms with van der Waals surface area (Å²) >= 11 is 0. The van der Waals surface area contributed by atoms with E-state index in [1.807, 2.05) is 0 Å². The highest BCUT2D eigenvalue weighted by molar-refractivity contribution is 6.18. The first kappa shape index (κ1) is 21.0. The third-order valence-electron chi connectivity index (χ3n) is 8.26. The van der Waals surface area contributed by atoms with Crippen LogP contribution in [-0.2, 0) is 0 Å². The molecule has 0 spiro atoms. The molecular weight excluding hydrogens is 412 g/mol. The molecule has 4 unspecified atom stereocenters. The minimum absolute atomic E-state index is 0.0916. The molecule has 0 amide bonds. The Hall–Kier alpha value is -3.52. The Morgan fingerprint density at radius 2 is 1.29 bits per heavy atom. The molecule has 0 aromatic heterocycles. The molecule has 3 aliphatic carbocycles. The predicted molar refractivity (Wildman–Crippen MR) is 147 cm³/mol. The normalized spacial score (nSPS) is 28.4. The van der Waals surface area contributed by atoms with E-state index < -0.39 is 0 Å². The molecule has 3 aromatic rings. The fourth-order valence-electron chi connectivity index (χ4n) is 5.63. The van der Waals surface area contributed by atoms with Crippen LogP contribution in [0.5, 0.6) is 0 Å². The van der Waals surface area contributed by atoms with Crippen LogP contribution in [0.1, 0.15) is 27.7 Å². The third kappa shape index (κ3) is 3.16. The molecule has 3 aromatic carbocycles. The number of allylic oxidation sites excluding steroid dienone is 4. The van der Waals surface area contributed by atoms with E-state index in [0.717, 1.165) is 5.69 Å². The van der Waals surface area contributed by atoms with E-state index in [1.165, 1.54) is 38.7 Å². The molecule has 34 heavy (non-hydrogen) atoms. The van der Waals surface area contributed by atoms with Crippen molar-refractivity contribution >= 4 is 22.1 Å². The Balaban J connectivity index is 1.41. The molecule has 0 fully saturated rings. The Morgan fingerprint density at radius 1 is 0.647 bits per heavy atom. The second-order valence-electron chi connectivity index (χ2n) is 10.5. The summed E-state index contributed by atoms with van der Waals surface area (Å²) in [5.41, 5.74) is 7.45. The van der Waals surface area contributed by atoms with Crippen molar-refractivity contribution in [3.63, 3.8) is 0 Å². The van der Waals surface area contributed by atoms with E-state index in [-0.39, 0.29) is 11.1 Å². The van der Waals surface area contributed by atoms with Crippen LogP contribution in [-0.4, -0.2) is 11.1 Å². The summed E-state index contributed by atoms with van der Waals surface area (Å²) in [4.78, 5) is 0. The molecular formula is C32H32N2. The average molecular weight is 445 g/mol. The van der Waals surface area contributed by atoms with Crippen molar-refractivity contribution in [3.8, 4) is 22.3 Å². The van der Waals surface area contributed by atoms with Gasteiger partial charge in [-0.25, -0.2) is 0 Å². The predicted octanol–water partition coefficient (Wildman–Crippen LogP) is 8.35. The van der Waals surface area contributed by atoms with Gasteiger partial charge in [0.25, 0.3) is 0 Å². The molecule has 0 radical (unpaired) electrons. The summed E-state index contributed by atoms with van der Waals surface area (Å²) in [5.74, 6) is 0.839. The summed E-state index contributed by atoms with van der Waals surface area (Å²) in [6.07, 6.45) is 17.7. The lowest BCUT2D eigenvalue weighted by Gasteiger charge is -2.35. The van der Waals surface area contributed by atoms with Crippen molar-refractivity contribution in [1.29, 1.82) is 0 Å². The number of hydrogen-bond acceptors (Lipinski definition) is 2. The fraction of sp³-hybridized carbons (Fsp3) is 0.250. The molecule has 0 heterocycles. The summed E-state index contributed by atoms with van der Waals surface area (Å²) < 4.78 is 0. The minimum Gasteiger partial charge on any atom is -0.376 e. The molecule has 0 saturated heterocycles. The first-order chi connectivity index (χ1) is 16.4. The first-order valence-corrected chi connectivity index (χ1v) is 12.4. The molecule has 3 aliphatic rings. The van der Waals surface area contributed by atoms with Gasteiger partial charge >= 0.3 is 0 Å². The van der Waals surface area contributed by atoms with Gasteiger partial charge in [0, 0.05) is 28.6 Å². The molecule has 4 atom stereocenters. The van der Waals surface area contributed by atoms with Crippen LogP contribution in [0.4, 0.5) is 11.4 Å². The van der Waals surface area contributed by atoms with Crippen LogP contribution in [0.15, 0.2) is 97.1 Å². The number of fused-ring (bicyclic) bond motifs is 3. The third-order valence-corrected chi connectivity index (χ3v) is 8.26. The largest absolute Gasteiger partial charge is 0.376 e. The zero-order valence-electron chi connectivity index (χ0n) is 20.4. The monoisotopic (exact) mass is 444 g/mol. The number of nitrogens with one attached hydrogen (secondary N) is 2. The van der Waals surface area contributed by atoms with Crippen LogP contribution in [0.2, 0.25) is 0 Å². The lowest BCUT2D eigenvalue weighted by Crippen LogP contribution is -2.39. The fourth-order valence-corrected chi connectivity index (χ4v) is 5.63. The van der Waals surface area contributed by atoms with Crippen LogP contribution in [0.3, 0.4) is 0 Å². The summed E-state index contributed by atoms with van der Waals surface area (Å²) in [6, 6.07) is 18.1. The average Bonchev–Trinajstić information content (AvgIpc) is 3.14. The van der Waals surface area contributed by atoms with Gasteiger partial charge in [0.15, 0.2) is 0 Å². The standard InChI is InChI=1S/C32H32N2/c1-21-10-5-7-18-31(21,3)33-23-14-15-24-26-16-17-29(34-32(4)19-8-6-11-22(32)2)27-13-9-12-25(30(26)27)28(24)20-23/h5-22,33-34H,1-4H3. The highest BCUT2D eigenvalue weighted by Crippen LogP contribution is 2.50. The maximum Gasteiger partial charge on any atom is 0.0591 e. The Bertz CT molecular complexity index is 1420. The van der Waals surface area contributed by atoms with Crippen molar-refractivity contribution in [2.45, 2.75) is 38.8 Å². The van der Waals surface area contributed by atoms with Crippen LogP contribution in [0.25, 0.3) is 33.0 Å². The molecule has 0 saturated carbocycles. The smallest absolute Gasteiger partial charge is 0.0591 e. The summed E-state index contributed by atoms with van der Waals surface area (Å²) in [5, 5.41) is 10.3. The molecule has 2 N–H and O–H groups in total. The van der Waals surface area contributed by atoms with E-state index in [9.17, 15) is 0 Å². The molecule has 2 heteroatoms. The van der Waals surface area contributed by atoms with Gasteiger partial charge in [-0.15, -0.1) is 0 Å².